The maximum atomic E-state index is 11.7. The summed E-state index contributed by atoms with van der Waals surface area (Å²) in [6, 6.07) is 7.58. The molecule has 0 atom stereocenters. The highest BCUT2D eigenvalue weighted by Gasteiger charge is 2.17. The third-order valence-electron chi connectivity index (χ3n) is 1.88. The molecule has 0 bridgehead atoms. The Kier molecular flexibility index (Phi) is 4.47. The van der Waals surface area contributed by atoms with Gasteiger partial charge in [-0.1, -0.05) is 11.6 Å². The van der Waals surface area contributed by atoms with Gasteiger partial charge in [-0.15, -0.1) is 0 Å². The third-order valence-corrected chi connectivity index (χ3v) is 3.82. The average molecular weight is 270 g/mol. The zero-order valence-corrected chi connectivity index (χ0v) is 10.2. The Bertz CT molecular complexity index is 599. The summed E-state index contributed by atoms with van der Waals surface area (Å²) in [5.41, 5.74) is 0.283. The van der Waals surface area contributed by atoms with Crippen molar-refractivity contribution >= 4 is 21.6 Å². The third kappa shape index (κ3) is 3.43. The lowest BCUT2D eigenvalue weighted by molar-refractivity contribution is 0.582. The molecular formula is C10H8ClN3O2S. The zero-order chi connectivity index (χ0) is 12.9. The topological polar surface area (TPSA) is 93.8 Å². The van der Waals surface area contributed by atoms with Crippen molar-refractivity contribution < 1.29 is 8.42 Å². The predicted molar refractivity (Wildman–Crippen MR) is 61.6 cm³/mol. The lowest BCUT2D eigenvalue weighted by Crippen LogP contribution is -2.24. The van der Waals surface area contributed by atoms with E-state index in [4.69, 9.17) is 22.1 Å². The van der Waals surface area contributed by atoms with Crippen LogP contribution in [0.5, 0.6) is 0 Å². The molecule has 7 heteroatoms. The van der Waals surface area contributed by atoms with Gasteiger partial charge in [-0.05, 0) is 18.2 Å². The summed E-state index contributed by atoms with van der Waals surface area (Å²) in [4.78, 5) is -0.101. The minimum Gasteiger partial charge on any atom is -0.210 e. The molecule has 0 aliphatic rings. The Labute approximate surface area is 104 Å². The van der Waals surface area contributed by atoms with Gasteiger partial charge in [0.25, 0.3) is 0 Å². The molecule has 5 nitrogen and oxygen atoms in total. The van der Waals surface area contributed by atoms with E-state index >= 15 is 0 Å². The molecule has 0 radical (unpaired) electrons. The molecule has 0 spiro atoms. The van der Waals surface area contributed by atoms with Crippen molar-refractivity contribution in [2.45, 2.75) is 11.3 Å². The van der Waals surface area contributed by atoms with Gasteiger partial charge in [0.1, 0.15) is 4.90 Å². The summed E-state index contributed by atoms with van der Waals surface area (Å²) in [5, 5.41) is 16.9. The van der Waals surface area contributed by atoms with Crippen LogP contribution in [0.25, 0.3) is 0 Å². The fraction of sp³-hybridized carbons (Fsp3) is 0.200. The van der Waals surface area contributed by atoms with E-state index in [-0.39, 0.29) is 28.4 Å². The quantitative estimate of drug-likeness (QED) is 0.836. The van der Waals surface area contributed by atoms with Gasteiger partial charge in [0.05, 0.1) is 22.7 Å². The Hall–Kier alpha value is -1.60. The Balaban J connectivity index is 3.01. The first-order chi connectivity index (χ1) is 8.01. The Morgan fingerprint density at radius 1 is 1.35 bits per heavy atom. The van der Waals surface area contributed by atoms with Crippen molar-refractivity contribution in [1.29, 1.82) is 10.5 Å². The maximum Gasteiger partial charge on any atom is 0.242 e. The zero-order valence-electron chi connectivity index (χ0n) is 8.64. The molecule has 0 unspecified atom stereocenters. The molecule has 0 aromatic heterocycles. The summed E-state index contributed by atoms with van der Waals surface area (Å²) >= 11 is 5.77. The molecule has 0 aliphatic heterocycles. The monoisotopic (exact) mass is 269 g/mol. The van der Waals surface area contributed by atoms with Crippen LogP contribution in [0.1, 0.15) is 12.0 Å². The van der Waals surface area contributed by atoms with Gasteiger partial charge in [0.15, 0.2) is 0 Å². The van der Waals surface area contributed by atoms with E-state index in [0.29, 0.717) is 0 Å². The van der Waals surface area contributed by atoms with Crippen LogP contribution in [0.4, 0.5) is 0 Å². The molecule has 17 heavy (non-hydrogen) atoms. The van der Waals surface area contributed by atoms with E-state index in [1.165, 1.54) is 18.2 Å². The number of nitrogens with one attached hydrogen (secondary N) is 1. The molecule has 1 N–H and O–H groups in total. The fourth-order valence-corrected chi connectivity index (χ4v) is 2.68. The van der Waals surface area contributed by atoms with Crippen molar-refractivity contribution in [2.24, 2.45) is 0 Å². The number of halogens is 1. The molecule has 1 aromatic rings. The van der Waals surface area contributed by atoms with Gasteiger partial charge in [-0.2, -0.15) is 10.5 Å². The normalized spacial score (nSPS) is 10.5. The summed E-state index contributed by atoms with van der Waals surface area (Å²) in [5.74, 6) is 0. The average Bonchev–Trinajstić information content (AvgIpc) is 2.28. The van der Waals surface area contributed by atoms with Crippen molar-refractivity contribution in [1.82, 2.24) is 4.72 Å². The minimum atomic E-state index is -3.73. The number of benzene rings is 1. The van der Waals surface area contributed by atoms with Gasteiger partial charge < -0.3 is 0 Å². The molecule has 1 rings (SSSR count). The number of hydrogen-bond acceptors (Lipinski definition) is 4. The van der Waals surface area contributed by atoms with E-state index in [1.54, 1.807) is 0 Å². The van der Waals surface area contributed by atoms with E-state index < -0.39 is 10.0 Å². The molecule has 0 saturated heterocycles. The molecular weight excluding hydrogens is 262 g/mol. The lowest BCUT2D eigenvalue weighted by atomic mass is 10.2. The molecule has 88 valence electrons. The van der Waals surface area contributed by atoms with E-state index in [1.807, 2.05) is 12.1 Å². The van der Waals surface area contributed by atoms with Crippen LogP contribution in [-0.4, -0.2) is 15.0 Å². The largest absolute Gasteiger partial charge is 0.242 e. The van der Waals surface area contributed by atoms with Crippen LogP contribution in [-0.2, 0) is 10.0 Å². The van der Waals surface area contributed by atoms with Crippen LogP contribution < -0.4 is 4.72 Å². The first-order valence-corrected chi connectivity index (χ1v) is 6.43. The maximum absolute atomic E-state index is 11.7. The summed E-state index contributed by atoms with van der Waals surface area (Å²) in [6.07, 6.45) is 0.0765. The fourth-order valence-electron chi connectivity index (χ4n) is 1.11. The highest BCUT2D eigenvalue weighted by Crippen LogP contribution is 2.22. The first kappa shape index (κ1) is 13.5. The highest BCUT2D eigenvalue weighted by molar-refractivity contribution is 7.89. The standard InChI is InChI=1S/C10H8ClN3O2S/c11-9-6-8(7-13)2-3-10(9)17(15,16)14-5-1-4-12/h2-3,6,14H,1,5H2. The molecule has 0 saturated carbocycles. The van der Waals surface area contributed by atoms with E-state index in [2.05, 4.69) is 4.72 Å². The van der Waals surface area contributed by atoms with Gasteiger partial charge in [-0.3, -0.25) is 0 Å². The van der Waals surface area contributed by atoms with Crippen LogP contribution in [0.15, 0.2) is 23.1 Å². The lowest BCUT2D eigenvalue weighted by Gasteiger charge is -2.06. The van der Waals surface area contributed by atoms with Crippen molar-refractivity contribution in [2.75, 3.05) is 6.54 Å². The second-order valence-corrected chi connectivity index (χ2v) is 5.21. The van der Waals surface area contributed by atoms with E-state index in [0.717, 1.165) is 0 Å². The summed E-state index contributed by atoms with van der Waals surface area (Å²) < 4.78 is 25.7. The van der Waals surface area contributed by atoms with Crippen LogP contribution >= 0.6 is 11.6 Å². The van der Waals surface area contributed by atoms with Gasteiger partial charge in [-0.25, -0.2) is 13.1 Å². The van der Waals surface area contributed by atoms with Crippen LogP contribution in [0.2, 0.25) is 5.02 Å². The number of sulfonamides is 1. The Morgan fingerprint density at radius 3 is 2.59 bits per heavy atom. The number of nitriles is 2. The smallest absolute Gasteiger partial charge is 0.210 e. The molecule has 0 heterocycles. The predicted octanol–water partition coefficient (Wildman–Crippen LogP) is 1.40. The number of nitrogens with zero attached hydrogens (tertiary/aromatic N) is 2. The molecule has 0 fully saturated rings. The van der Waals surface area contributed by atoms with Gasteiger partial charge in [0, 0.05) is 13.0 Å². The second-order valence-electron chi connectivity index (χ2n) is 3.06. The van der Waals surface area contributed by atoms with E-state index in [9.17, 15) is 8.42 Å². The van der Waals surface area contributed by atoms with Gasteiger partial charge in [0.2, 0.25) is 10.0 Å². The van der Waals surface area contributed by atoms with Crippen LogP contribution in [0, 0.1) is 22.7 Å². The molecule has 1 aromatic carbocycles. The van der Waals surface area contributed by atoms with Crippen molar-refractivity contribution in [3.8, 4) is 12.1 Å². The van der Waals surface area contributed by atoms with Crippen molar-refractivity contribution in [3.05, 3.63) is 28.8 Å². The number of rotatable bonds is 4. The molecule has 0 aliphatic carbocycles. The molecule has 0 amide bonds. The second kappa shape index (κ2) is 5.65. The minimum absolute atomic E-state index is 0.0199. The SMILES string of the molecule is N#CCCNS(=O)(=O)c1ccc(C#N)cc1Cl. The van der Waals surface area contributed by atoms with Gasteiger partial charge >= 0.3 is 0 Å². The Morgan fingerprint density at radius 2 is 2.06 bits per heavy atom. The highest BCUT2D eigenvalue weighted by atomic mass is 35.5. The first-order valence-electron chi connectivity index (χ1n) is 4.57. The summed E-state index contributed by atoms with van der Waals surface area (Å²) in [6.45, 7) is 0.0230. The summed E-state index contributed by atoms with van der Waals surface area (Å²) in [7, 11) is -3.73. The van der Waals surface area contributed by atoms with Crippen LogP contribution in [0.3, 0.4) is 0 Å². The van der Waals surface area contributed by atoms with Crippen molar-refractivity contribution in [3.63, 3.8) is 0 Å². The number of hydrogen-bond donors (Lipinski definition) is 1.